The highest BCUT2D eigenvalue weighted by molar-refractivity contribution is 5.88. The number of hydrogen-bond acceptors (Lipinski definition) is 2. The van der Waals surface area contributed by atoms with Crippen LogP contribution in [-0.4, -0.2) is 24.1 Å². The van der Waals surface area contributed by atoms with Crippen LogP contribution in [0.15, 0.2) is 54.6 Å². The molecule has 4 nitrogen and oxygen atoms in total. The van der Waals surface area contributed by atoms with Crippen molar-refractivity contribution in [3.63, 3.8) is 0 Å². The molecular formula is C21H24N2O2. The van der Waals surface area contributed by atoms with Gasteiger partial charge in [-0.25, -0.2) is 0 Å². The van der Waals surface area contributed by atoms with E-state index in [2.05, 4.69) is 40.2 Å². The lowest BCUT2D eigenvalue weighted by Crippen LogP contribution is -2.26. The van der Waals surface area contributed by atoms with Crippen LogP contribution in [-0.2, 0) is 11.3 Å². The Hall–Kier alpha value is -2.75. The zero-order valence-corrected chi connectivity index (χ0v) is 14.8. The van der Waals surface area contributed by atoms with Gasteiger partial charge in [0, 0.05) is 36.7 Å². The molecule has 0 fully saturated rings. The summed E-state index contributed by atoms with van der Waals surface area (Å²) in [6.45, 7) is 3.34. The molecule has 0 bridgehead atoms. The molecule has 130 valence electrons. The van der Waals surface area contributed by atoms with Gasteiger partial charge in [0.2, 0.25) is 5.91 Å². The number of nitrogens with zero attached hydrogens (tertiary/aromatic N) is 1. The molecule has 0 aliphatic rings. The smallest absolute Gasteiger partial charge is 0.220 e. The first kappa shape index (κ1) is 17.1. The molecule has 0 atom stereocenters. The van der Waals surface area contributed by atoms with Crippen LogP contribution in [0.4, 0.5) is 0 Å². The SMILES string of the molecule is CCCC(=O)NCCn1c(-c2ccccc2)cc2ccc(OC)cc21. The Morgan fingerprint density at radius 3 is 2.64 bits per heavy atom. The Morgan fingerprint density at radius 1 is 1.12 bits per heavy atom. The van der Waals surface area contributed by atoms with Crippen molar-refractivity contribution < 1.29 is 9.53 Å². The van der Waals surface area contributed by atoms with Crippen molar-refractivity contribution in [2.75, 3.05) is 13.7 Å². The summed E-state index contributed by atoms with van der Waals surface area (Å²) in [7, 11) is 1.68. The standard InChI is InChI=1S/C21H24N2O2/c1-3-7-21(24)22-12-13-23-19(16-8-5-4-6-9-16)14-17-10-11-18(25-2)15-20(17)23/h4-6,8-11,14-15H,3,7,12-13H2,1-2H3,(H,22,24). The number of aromatic nitrogens is 1. The summed E-state index contributed by atoms with van der Waals surface area (Å²) in [4.78, 5) is 11.8. The highest BCUT2D eigenvalue weighted by atomic mass is 16.5. The lowest BCUT2D eigenvalue weighted by molar-refractivity contribution is -0.121. The van der Waals surface area contributed by atoms with Crippen LogP contribution < -0.4 is 10.1 Å². The van der Waals surface area contributed by atoms with E-state index in [0.717, 1.165) is 35.5 Å². The molecule has 0 saturated carbocycles. The second-order valence-corrected chi connectivity index (χ2v) is 6.07. The minimum atomic E-state index is 0.109. The lowest BCUT2D eigenvalue weighted by atomic mass is 10.1. The summed E-state index contributed by atoms with van der Waals surface area (Å²) in [6.07, 6.45) is 1.44. The minimum absolute atomic E-state index is 0.109. The minimum Gasteiger partial charge on any atom is -0.497 e. The van der Waals surface area contributed by atoms with Gasteiger partial charge in [0.25, 0.3) is 0 Å². The first-order chi connectivity index (χ1) is 12.2. The van der Waals surface area contributed by atoms with E-state index in [0.29, 0.717) is 13.0 Å². The number of nitrogens with one attached hydrogen (secondary N) is 1. The van der Waals surface area contributed by atoms with Gasteiger partial charge in [-0.3, -0.25) is 4.79 Å². The topological polar surface area (TPSA) is 43.3 Å². The number of rotatable bonds is 7. The normalized spacial score (nSPS) is 10.8. The quantitative estimate of drug-likeness (QED) is 0.701. The molecule has 1 N–H and O–H groups in total. The zero-order valence-electron chi connectivity index (χ0n) is 14.8. The van der Waals surface area contributed by atoms with E-state index in [9.17, 15) is 4.79 Å². The second kappa shape index (κ2) is 7.88. The zero-order chi connectivity index (χ0) is 17.6. The van der Waals surface area contributed by atoms with E-state index in [4.69, 9.17) is 4.74 Å². The van der Waals surface area contributed by atoms with Gasteiger partial charge < -0.3 is 14.6 Å². The van der Waals surface area contributed by atoms with E-state index in [1.54, 1.807) is 7.11 Å². The molecule has 25 heavy (non-hydrogen) atoms. The number of fused-ring (bicyclic) bond motifs is 1. The highest BCUT2D eigenvalue weighted by Crippen LogP contribution is 2.30. The van der Waals surface area contributed by atoms with E-state index in [-0.39, 0.29) is 5.91 Å². The van der Waals surface area contributed by atoms with Crippen LogP contribution in [0.25, 0.3) is 22.2 Å². The molecule has 3 aromatic rings. The van der Waals surface area contributed by atoms with Crippen LogP contribution in [0.2, 0.25) is 0 Å². The number of methoxy groups -OCH3 is 1. The van der Waals surface area contributed by atoms with Gasteiger partial charge in [-0.15, -0.1) is 0 Å². The van der Waals surface area contributed by atoms with Crippen LogP contribution in [0.3, 0.4) is 0 Å². The number of amides is 1. The molecule has 1 heterocycles. The molecular weight excluding hydrogens is 312 g/mol. The third-order valence-corrected chi connectivity index (χ3v) is 4.32. The molecule has 4 heteroatoms. The number of carbonyl (C=O) groups is 1. The molecule has 2 aromatic carbocycles. The number of carbonyl (C=O) groups excluding carboxylic acids is 1. The molecule has 0 spiro atoms. The Balaban J connectivity index is 1.95. The van der Waals surface area contributed by atoms with Gasteiger partial charge in [0.05, 0.1) is 12.6 Å². The first-order valence-corrected chi connectivity index (χ1v) is 8.72. The van der Waals surface area contributed by atoms with Gasteiger partial charge in [-0.1, -0.05) is 37.3 Å². The molecule has 0 unspecified atom stereocenters. The largest absolute Gasteiger partial charge is 0.497 e. The predicted molar refractivity (Wildman–Crippen MR) is 102 cm³/mol. The maximum absolute atomic E-state index is 11.8. The number of benzene rings is 2. The Bertz CT molecular complexity index is 853. The average Bonchev–Trinajstić information content (AvgIpc) is 3.00. The van der Waals surface area contributed by atoms with E-state index >= 15 is 0 Å². The van der Waals surface area contributed by atoms with Crippen LogP contribution >= 0.6 is 0 Å². The van der Waals surface area contributed by atoms with E-state index in [1.165, 1.54) is 5.39 Å². The summed E-state index contributed by atoms with van der Waals surface area (Å²) in [5.41, 5.74) is 3.43. The van der Waals surface area contributed by atoms with Gasteiger partial charge >= 0.3 is 0 Å². The summed E-state index contributed by atoms with van der Waals surface area (Å²) in [6, 6.07) is 18.6. The number of hydrogen-bond donors (Lipinski definition) is 1. The van der Waals surface area contributed by atoms with Gasteiger partial charge in [-0.2, -0.15) is 0 Å². The van der Waals surface area contributed by atoms with Crippen molar-refractivity contribution >= 4 is 16.8 Å². The summed E-state index contributed by atoms with van der Waals surface area (Å²) in [5.74, 6) is 0.944. The van der Waals surface area contributed by atoms with Crippen molar-refractivity contribution in [1.29, 1.82) is 0 Å². The van der Waals surface area contributed by atoms with Gasteiger partial charge in [0.15, 0.2) is 0 Å². The van der Waals surface area contributed by atoms with E-state index in [1.807, 2.05) is 31.2 Å². The molecule has 0 saturated heterocycles. The van der Waals surface area contributed by atoms with Gasteiger partial charge in [0.1, 0.15) is 5.75 Å². The molecule has 1 amide bonds. The lowest BCUT2D eigenvalue weighted by Gasteiger charge is -2.12. The Labute approximate surface area is 148 Å². The highest BCUT2D eigenvalue weighted by Gasteiger charge is 2.11. The monoisotopic (exact) mass is 336 g/mol. The maximum Gasteiger partial charge on any atom is 0.220 e. The molecule has 0 radical (unpaired) electrons. The third-order valence-electron chi connectivity index (χ3n) is 4.32. The summed E-state index contributed by atoms with van der Waals surface area (Å²) in [5, 5.41) is 4.17. The van der Waals surface area contributed by atoms with Gasteiger partial charge in [-0.05, 0) is 30.2 Å². The van der Waals surface area contributed by atoms with Crippen LogP contribution in [0, 0.1) is 0 Å². The van der Waals surface area contributed by atoms with E-state index < -0.39 is 0 Å². The fraction of sp³-hybridized carbons (Fsp3) is 0.286. The molecule has 1 aromatic heterocycles. The molecule has 3 rings (SSSR count). The fourth-order valence-electron chi connectivity index (χ4n) is 3.07. The van der Waals surface area contributed by atoms with Crippen LogP contribution in [0.5, 0.6) is 5.75 Å². The summed E-state index contributed by atoms with van der Waals surface area (Å²) >= 11 is 0. The third kappa shape index (κ3) is 3.85. The van der Waals surface area contributed by atoms with Crippen molar-refractivity contribution in [1.82, 2.24) is 9.88 Å². The van der Waals surface area contributed by atoms with Crippen molar-refractivity contribution in [2.45, 2.75) is 26.3 Å². The Morgan fingerprint density at radius 2 is 1.92 bits per heavy atom. The molecule has 0 aliphatic carbocycles. The molecule has 0 aliphatic heterocycles. The maximum atomic E-state index is 11.8. The van der Waals surface area contributed by atoms with Crippen molar-refractivity contribution in [3.8, 4) is 17.0 Å². The van der Waals surface area contributed by atoms with Crippen molar-refractivity contribution in [2.24, 2.45) is 0 Å². The van der Waals surface area contributed by atoms with Crippen LogP contribution in [0.1, 0.15) is 19.8 Å². The second-order valence-electron chi connectivity index (χ2n) is 6.07. The fourth-order valence-corrected chi connectivity index (χ4v) is 3.07. The first-order valence-electron chi connectivity index (χ1n) is 8.72. The predicted octanol–water partition coefficient (Wildman–Crippen LogP) is 4.23. The average molecular weight is 336 g/mol. The number of ether oxygens (including phenoxy) is 1. The summed E-state index contributed by atoms with van der Waals surface area (Å²) < 4.78 is 7.63. The Kier molecular flexibility index (Phi) is 5.39. The van der Waals surface area contributed by atoms with Crippen molar-refractivity contribution in [3.05, 3.63) is 54.6 Å².